The summed E-state index contributed by atoms with van der Waals surface area (Å²) in [5, 5.41) is 19.9. The quantitative estimate of drug-likeness (QED) is 0.394. The van der Waals surface area contributed by atoms with E-state index in [1.807, 2.05) is 6.92 Å². The lowest BCUT2D eigenvalue weighted by atomic mass is 9.78. The molecule has 34 heavy (non-hydrogen) atoms. The summed E-state index contributed by atoms with van der Waals surface area (Å²) in [7, 11) is 3.41. The molecule has 2 saturated heterocycles. The lowest BCUT2D eigenvalue weighted by molar-refractivity contribution is -0.158. The van der Waals surface area contributed by atoms with E-state index in [1.165, 1.54) is 34.0 Å². The van der Waals surface area contributed by atoms with Gasteiger partial charge in [0.1, 0.15) is 24.9 Å². The van der Waals surface area contributed by atoms with Crippen LogP contribution in [0.25, 0.3) is 0 Å². The highest BCUT2D eigenvalue weighted by atomic mass is 32.2. The molecule has 0 aliphatic carbocycles. The Hall–Kier alpha value is -2.93. The number of hydrogen-bond donors (Lipinski definition) is 3. The standard InChI is InChI=1S/C21H29N7O5S/c1-10-16-15(11(2)25-14(29)7-27-9-22-8-24-27)20(31)28(16)17(21(32)33)18(10)34-12-5-13(23-6-12)19(30)26(3)4/h8-13,15-16,23H,5-7H2,1-4H3,(H,25,29)(H,32,33)/t10-,11-,12+,13+,15-,16-/m1/s1. The van der Waals surface area contributed by atoms with Crippen LogP contribution in [0.1, 0.15) is 20.3 Å². The Labute approximate surface area is 201 Å². The van der Waals surface area contributed by atoms with Crippen LogP contribution in [0, 0.1) is 11.8 Å². The van der Waals surface area contributed by atoms with E-state index in [1.54, 1.807) is 25.9 Å². The molecule has 0 spiro atoms. The van der Waals surface area contributed by atoms with Gasteiger partial charge >= 0.3 is 5.97 Å². The molecule has 13 heteroatoms. The van der Waals surface area contributed by atoms with E-state index >= 15 is 0 Å². The zero-order valence-corrected chi connectivity index (χ0v) is 20.3. The first-order chi connectivity index (χ1) is 16.1. The molecule has 3 N–H and O–H groups in total. The van der Waals surface area contributed by atoms with E-state index in [4.69, 9.17) is 0 Å². The predicted molar refractivity (Wildman–Crippen MR) is 122 cm³/mol. The monoisotopic (exact) mass is 491 g/mol. The Morgan fingerprint density at radius 3 is 2.74 bits per heavy atom. The predicted octanol–water partition coefficient (Wildman–Crippen LogP) is -0.892. The number of β-lactam (4-membered cyclic amide) rings is 1. The Morgan fingerprint density at radius 1 is 1.38 bits per heavy atom. The first-order valence-electron chi connectivity index (χ1n) is 11.1. The third-order valence-electron chi connectivity index (χ3n) is 6.61. The van der Waals surface area contributed by atoms with Gasteiger partial charge in [-0.1, -0.05) is 6.92 Å². The van der Waals surface area contributed by atoms with Crippen LogP contribution < -0.4 is 10.6 Å². The minimum absolute atomic E-state index is 0.00970. The number of fused-ring (bicyclic) bond motifs is 1. The maximum absolute atomic E-state index is 13.0. The van der Waals surface area contributed by atoms with Crippen molar-refractivity contribution >= 4 is 35.5 Å². The van der Waals surface area contributed by atoms with Crippen LogP contribution in [0.2, 0.25) is 0 Å². The molecule has 6 atom stereocenters. The van der Waals surface area contributed by atoms with Gasteiger partial charge in [-0.2, -0.15) is 5.10 Å². The Morgan fingerprint density at radius 2 is 2.12 bits per heavy atom. The van der Waals surface area contributed by atoms with Crippen LogP contribution in [-0.4, -0.2) is 97.4 Å². The summed E-state index contributed by atoms with van der Waals surface area (Å²) < 4.78 is 1.39. The third-order valence-corrected chi connectivity index (χ3v) is 8.13. The molecule has 3 aliphatic rings. The van der Waals surface area contributed by atoms with Crippen LogP contribution in [0.5, 0.6) is 0 Å². The van der Waals surface area contributed by atoms with Crippen molar-refractivity contribution in [3.63, 3.8) is 0 Å². The normalized spacial score (nSPS) is 29.0. The highest BCUT2D eigenvalue weighted by Crippen LogP contribution is 2.51. The summed E-state index contributed by atoms with van der Waals surface area (Å²) >= 11 is 1.44. The second-order valence-corrected chi connectivity index (χ2v) is 10.5. The fraction of sp³-hybridized carbons (Fsp3) is 0.619. The number of thioether (sulfide) groups is 1. The second kappa shape index (κ2) is 9.37. The average molecular weight is 492 g/mol. The van der Waals surface area contributed by atoms with Crippen molar-refractivity contribution < 1.29 is 24.3 Å². The lowest BCUT2D eigenvalue weighted by Crippen LogP contribution is -2.66. The summed E-state index contributed by atoms with van der Waals surface area (Å²) in [6.07, 6.45) is 3.35. The zero-order chi connectivity index (χ0) is 24.7. The van der Waals surface area contributed by atoms with Gasteiger partial charge in [-0.25, -0.2) is 14.5 Å². The molecule has 0 radical (unpaired) electrons. The van der Waals surface area contributed by atoms with Crippen LogP contribution in [0.4, 0.5) is 0 Å². The number of carbonyl (C=O) groups is 4. The number of carbonyl (C=O) groups excluding carboxylic acids is 3. The maximum atomic E-state index is 13.0. The molecule has 4 heterocycles. The van der Waals surface area contributed by atoms with Crippen LogP contribution in [0.15, 0.2) is 23.3 Å². The molecule has 2 fully saturated rings. The topological polar surface area (TPSA) is 150 Å². The molecule has 184 valence electrons. The van der Waals surface area contributed by atoms with E-state index in [0.717, 1.165) is 0 Å². The number of nitrogens with zero attached hydrogens (tertiary/aromatic N) is 5. The van der Waals surface area contributed by atoms with Gasteiger partial charge in [0.25, 0.3) is 0 Å². The van der Waals surface area contributed by atoms with Crippen LogP contribution >= 0.6 is 11.8 Å². The van der Waals surface area contributed by atoms with Crippen molar-refractivity contribution in [2.75, 3.05) is 20.6 Å². The summed E-state index contributed by atoms with van der Waals surface area (Å²) in [5.74, 6) is -2.47. The minimum atomic E-state index is -1.14. The van der Waals surface area contributed by atoms with Gasteiger partial charge in [0, 0.05) is 42.8 Å². The molecular weight excluding hydrogens is 462 g/mol. The third kappa shape index (κ3) is 4.29. The minimum Gasteiger partial charge on any atom is -0.477 e. The molecular formula is C21H29N7O5S. The summed E-state index contributed by atoms with van der Waals surface area (Å²) in [6, 6.07) is -1.11. The van der Waals surface area contributed by atoms with E-state index in [9.17, 15) is 24.3 Å². The van der Waals surface area contributed by atoms with Crippen LogP contribution in [0.3, 0.4) is 0 Å². The Bertz CT molecular complexity index is 1030. The van der Waals surface area contributed by atoms with Gasteiger partial charge in [0.2, 0.25) is 17.7 Å². The first-order valence-corrected chi connectivity index (χ1v) is 12.0. The summed E-state index contributed by atoms with van der Waals surface area (Å²) in [6.45, 7) is 4.24. The van der Waals surface area contributed by atoms with E-state index in [-0.39, 0.29) is 53.2 Å². The van der Waals surface area contributed by atoms with Gasteiger partial charge < -0.3 is 25.5 Å². The molecule has 1 aromatic rings. The fourth-order valence-corrected chi connectivity index (χ4v) is 6.50. The maximum Gasteiger partial charge on any atom is 0.353 e. The number of amides is 3. The number of rotatable bonds is 8. The Kier molecular flexibility index (Phi) is 6.67. The van der Waals surface area contributed by atoms with E-state index in [0.29, 0.717) is 17.9 Å². The summed E-state index contributed by atoms with van der Waals surface area (Å²) in [5.41, 5.74) is 0.0206. The van der Waals surface area contributed by atoms with Gasteiger partial charge in [0.05, 0.1) is 18.0 Å². The number of hydrogen-bond acceptors (Lipinski definition) is 8. The number of nitrogens with one attached hydrogen (secondary N) is 2. The molecule has 3 amide bonds. The first kappa shape index (κ1) is 24.2. The molecule has 4 rings (SSSR count). The Balaban J connectivity index is 1.44. The molecule has 3 aliphatic heterocycles. The second-order valence-electron chi connectivity index (χ2n) is 9.15. The molecule has 0 aromatic carbocycles. The molecule has 12 nitrogen and oxygen atoms in total. The number of aliphatic carboxylic acids is 1. The van der Waals surface area contributed by atoms with Crippen molar-refractivity contribution in [2.24, 2.45) is 11.8 Å². The SMILES string of the molecule is C[C@@H](NC(=O)Cn1cncn1)[C@H]1C(=O)N2C(C(=O)O)=C(S[C@@H]3CN[C@H](C(=O)N(C)C)C3)[C@H](C)[C@H]12. The highest BCUT2D eigenvalue weighted by molar-refractivity contribution is 8.03. The zero-order valence-electron chi connectivity index (χ0n) is 19.5. The van der Waals surface area contributed by atoms with Gasteiger partial charge in [-0.15, -0.1) is 11.8 Å². The van der Waals surface area contributed by atoms with Gasteiger partial charge in [-0.05, 0) is 13.3 Å². The van der Waals surface area contributed by atoms with Gasteiger partial charge in [-0.3, -0.25) is 14.4 Å². The molecule has 0 saturated carbocycles. The van der Waals surface area contributed by atoms with Crippen molar-refractivity contribution in [2.45, 2.75) is 50.2 Å². The molecule has 0 unspecified atom stereocenters. The molecule has 0 bridgehead atoms. The number of carboxylic acid groups (broad SMARTS) is 1. The van der Waals surface area contributed by atoms with Gasteiger partial charge in [0.15, 0.2) is 0 Å². The van der Waals surface area contributed by atoms with Crippen molar-refractivity contribution in [1.29, 1.82) is 0 Å². The van der Waals surface area contributed by atoms with Crippen molar-refractivity contribution in [1.82, 2.24) is 35.2 Å². The molecule has 1 aromatic heterocycles. The average Bonchev–Trinajstić information content (AvgIpc) is 3.48. The summed E-state index contributed by atoms with van der Waals surface area (Å²) in [4.78, 5) is 57.2. The fourth-order valence-electron chi connectivity index (χ4n) is 5.02. The lowest BCUT2D eigenvalue weighted by Gasteiger charge is -2.47. The van der Waals surface area contributed by atoms with E-state index in [2.05, 4.69) is 20.7 Å². The smallest absolute Gasteiger partial charge is 0.353 e. The number of likely N-dealkylation sites (N-methyl/N-ethyl adjacent to an activating group) is 1. The van der Waals surface area contributed by atoms with Crippen molar-refractivity contribution in [3.8, 4) is 0 Å². The highest BCUT2D eigenvalue weighted by Gasteiger charge is 2.60. The van der Waals surface area contributed by atoms with Crippen LogP contribution in [-0.2, 0) is 25.7 Å². The number of carboxylic acids is 1. The number of aromatic nitrogens is 3. The van der Waals surface area contributed by atoms with E-state index < -0.39 is 17.9 Å². The largest absolute Gasteiger partial charge is 0.477 e. The van der Waals surface area contributed by atoms with Crippen molar-refractivity contribution in [3.05, 3.63) is 23.3 Å².